The van der Waals surface area contributed by atoms with E-state index in [0.29, 0.717) is 0 Å². The van der Waals surface area contributed by atoms with Crippen LogP contribution in [0.2, 0.25) is 0 Å². The van der Waals surface area contributed by atoms with Gasteiger partial charge in [-0.25, -0.2) is 0 Å². The summed E-state index contributed by atoms with van der Waals surface area (Å²) in [6.07, 6.45) is -12.7. The van der Waals surface area contributed by atoms with Gasteiger partial charge in [0.25, 0.3) is 0 Å². The number of amides is 1. The minimum Gasteiger partial charge on any atom is -0.463 e. The van der Waals surface area contributed by atoms with E-state index in [2.05, 4.69) is 5.32 Å². The molecule has 16 heteroatoms. The Balaban J connectivity index is 2.56. The molecule has 2 aliphatic heterocycles. The third-order valence-electron chi connectivity index (χ3n) is 5.71. The molecule has 0 aromatic heterocycles. The van der Waals surface area contributed by atoms with Crippen molar-refractivity contribution in [2.45, 2.75) is 110 Å². The molecular weight excluding hydrogens is 542 g/mol. The van der Waals surface area contributed by atoms with Gasteiger partial charge < -0.3 is 48.3 Å². The average molecular weight is 578 g/mol. The zero-order valence-electron chi connectivity index (χ0n) is 23.1. The Morgan fingerprint density at radius 2 is 1.18 bits per heavy atom. The second-order valence-corrected chi connectivity index (χ2v) is 9.20. The fraction of sp³-hybridized carbons (Fsp3) is 0.750. The molecule has 2 rings (SSSR count). The molecule has 226 valence electrons. The smallest absolute Gasteiger partial charge is 0.303 e. The number of esters is 5. The van der Waals surface area contributed by atoms with Crippen molar-refractivity contribution in [2.24, 2.45) is 0 Å². The molecule has 0 spiro atoms. The van der Waals surface area contributed by atoms with Crippen molar-refractivity contribution < 1.29 is 71.8 Å². The number of rotatable bonds is 9. The highest BCUT2D eigenvalue weighted by molar-refractivity contribution is 5.73. The van der Waals surface area contributed by atoms with E-state index in [1.54, 1.807) is 0 Å². The Labute approximate surface area is 229 Å². The summed E-state index contributed by atoms with van der Waals surface area (Å²) in [5.41, 5.74) is 0. The maximum absolute atomic E-state index is 12.0. The summed E-state index contributed by atoms with van der Waals surface area (Å²) in [4.78, 5) is 71.2. The Bertz CT molecular complexity index is 970. The van der Waals surface area contributed by atoms with Crippen LogP contribution in [0.1, 0.15) is 48.5 Å². The van der Waals surface area contributed by atoms with Crippen LogP contribution in [0.4, 0.5) is 0 Å². The van der Waals surface area contributed by atoms with Crippen LogP contribution in [0.3, 0.4) is 0 Å². The van der Waals surface area contributed by atoms with Crippen LogP contribution >= 0.6 is 0 Å². The lowest BCUT2D eigenvalue weighted by atomic mass is 9.95. The van der Waals surface area contributed by atoms with Crippen LogP contribution in [0.25, 0.3) is 0 Å². The van der Waals surface area contributed by atoms with Gasteiger partial charge in [0, 0.05) is 41.5 Å². The summed E-state index contributed by atoms with van der Waals surface area (Å²) in [5, 5.41) is 13.2. The van der Waals surface area contributed by atoms with E-state index < -0.39 is 104 Å². The van der Waals surface area contributed by atoms with Gasteiger partial charge in [0.15, 0.2) is 37.0 Å². The van der Waals surface area contributed by atoms with E-state index in [9.17, 15) is 33.9 Å². The molecule has 2 N–H and O–H groups in total. The SMILES string of the molecule is CC(=O)N[C@@H]1[C@@H](O[C@@H]2O[C@@H](C)[C@@H](OC(C)=O)[C@@H](OC(C)=O)[C@@H]2OC(C)=O)[C@H](OC(C)=O)[C@@H](COC(C)=O)O[C@H]1O. The molecule has 2 fully saturated rings. The normalized spacial score (nSPS) is 33.6. The fourth-order valence-corrected chi connectivity index (χ4v) is 4.37. The predicted octanol–water partition coefficient (Wildman–Crippen LogP) is -1.37. The predicted molar refractivity (Wildman–Crippen MR) is 127 cm³/mol. The van der Waals surface area contributed by atoms with Gasteiger partial charge >= 0.3 is 29.8 Å². The van der Waals surface area contributed by atoms with Crippen molar-refractivity contribution in [2.75, 3.05) is 6.61 Å². The first-order valence-electron chi connectivity index (χ1n) is 12.3. The largest absolute Gasteiger partial charge is 0.463 e. The number of ether oxygens (including phenoxy) is 8. The highest BCUT2D eigenvalue weighted by Gasteiger charge is 2.55. The lowest BCUT2D eigenvalue weighted by Crippen LogP contribution is -2.68. The lowest BCUT2D eigenvalue weighted by Gasteiger charge is -2.48. The highest BCUT2D eigenvalue weighted by atomic mass is 16.7. The molecule has 10 atom stereocenters. The molecule has 0 radical (unpaired) electrons. The number of carbonyl (C=O) groups excluding carboxylic acids is 6. The summed E-state index contributed by atoms with van der Waals surface area (Å²) in [6.45, 7) is 7.63. The third-order valence-corrected chi connectivity index (χ3v) is 5.71. The molecule has 16 nitrogen and oxygen atoms in total. The number of carbonyl (C=O) groups is 6. The zero-order valence-corrected chi connectivity index (χ0v) is 23.1. The second kappa shape index (κ2) is 14.3. The highest BCUT2D eigenvalue weighted by Crippen LogP contribution is 2.33. The van der Waals surface area contributed by atoms with Crippen LogP contribution < -0.4 is 5.32 Å². The molecule has 0 unspecified atom stereocenters. The van der Waals surface area contributed by atoms with Crippen molar-refractivity contribution in [1.29, 1.82) is 0 Å². The summed E-state index contributed by atoms with van der Waals surface area (Å²) >= 11 is 0. The van der Waals surface area contributed by atoms with Gasteiger partial charge in [0.1, 0.15) is 24.9 Å². The maximum Gasteiger partial charge on any atom is 0.303 e. The number of aliphatic hydroxyl groups is 1. The molecule has 2 heterocycles. The van der Waals surface area contributed by atoms with E-state index in [1.165, 1.54) is 6.92 Å². The molecule has 0 bridgehead atoms. The first kappa shape index (κ1) is 32.9. The molecule has 2 aliphatic rings. The van der Waals surface area contributed by atoms with Crippen LogP contribution in [0.15, 0.2) is 0 Å². The summed E-state index contributed by atoms with van der Waals surface area (Å²) < 4.78 is 43.9. The number of hydrogen-bond donors (Lipinski definition) is 2. The van der Waals surface area contributed by atoms with Gasteiger partial charge in [0.2, 0.25) is 5.91 Å². The Hall–Kier alpha value is -3.34. The Morgan fingerprint density at radius 3 is 1.68 bits per heavy atom. The van der Waals surface area contributed by atoms with Crippen molar-refractivity contribution in [3.8, 4) is 0 Å². The standard InChI is InChI=1S/C24H35NO15/c1-9-18(35-12(4)28)21(37-14(6)30)22(38-15(7)31)24(34-9)40-20-17(25-10(2)26)23(32)39-16(8-33-11(3)27)19(20)36-13(5)29/h9,16-24,32H,8H2,1-7H3,(H,25,26)/t9-,16+,17+,18+,19+,20+,21+,22-,23+,24-/m0/s1. The first-order valence-corrected chi connectivity index (χ1v) is 12.3. The van der Waals surface area contributed by atoms with Gasteiger partial charge in [-0.2, -0.15) is 0 Å². The molecule has 0 saturated carbocycles. The van der Waals surface area contributed by atoms with Crippen molar-refractivity contribution in [3.05, 3.63) is 0 Å². The van der Waals surface area contributed by atoms with E-state index in [-0.39, 0.29) is 0 Å². The van der Waals surface area contributed by atoms with Gasteiger partial charge in [-0.05, 0) is 6.92 Å². The average Bonchev–Trinajstić information content (AvgIpc) is 2.80. The topological polar surface area (TPSA) is 209 Å². The van der Waals surface area contributed by atoms with Crippen molar-refractivity contribution in [3.63, 3.8) is 0 Å². The minimum absolute atomic E-state index is 0.475. The molecular formula is C24H35NO15. The van der Waals surface area contributed by atoms with Crippen LogP contribution in [-0.4, -0.2) is 109 Å². The van der Waals surface area contributed by atoms with Gasteiger partial charge in [-0.1, -0.05) is 0 Å². The molecule has 0 aromatic carbocycles. The van der Waals surface area contributed by atoms with Crippen molar-refractivity contribution >= 4 is 35.8 Å². The quantitative estimate of drug-likeness (QED) is 0.239. The monoisotopic (exact) mass is 577 g/mol. The van der Waals surface area contributed by atoms with E-state index in [4.69, 9.17) is 37.9 Å². The summed E-state index contributed by atoms with van der Waals surface area (Å²) in [5.74, 6) is -4.51. The van der Waals surface area contributed by atoms with Gasteiger partial charge in [0.05, 0.1) is 6.10 Å². The second-order valence-electron chi connectivity index (χ2n) is 9.20. The molecule has 40 heavy (non-hydrogen) atoms. The lowest BCUT2D eigenvalue weighted by molar-refractivity contribution is -0.340. The third kappa shape index (κ3) is 9.11. The van der Waals surface area contributed by atoms with E-state index >= 15 is 0 Å². The van der Waals surface area contributed by atoms with Crippen LogP contribution in [0, 0.1) is 0 Å². The molecule has 1 amide bonds. The number of aliphatic hydroxyl groups excluding tert-OH is 1. The van der Waals surface area contributed by atoms with Gasteiger partial charge in [-0.15, -0.1) is 0 Å². The zero-order chi connectivity index (χ0) is 30.3. The summed E-state index contributed by atoms with van der Waals surface area (Å²) in [7, 11) is 0. The fourth-order valence-electron chi connectivity index (χ4n) is 4.37. The van der Waals surface area contributed by atoms with E-state index in [1.807, 2.05) is 0 Å². The Morgan fingerprint density at radius 1 is 0.675 bits per heavy atom. The van der Waals surface area contributed by atoms with Gasteiger partial charge in [-0.3, -0.25) is 28.8 Å². The molecule has 0 aromatic rings. The molecule has 0 aliphatic carbocycles. The van der Waals surface area contributed by atoms with Crippen LogP contribution in [-0.2, 0) is 66.7 Å². The molecule has 2 saturated heterocycles. The van der Waals surface area contributed by atoms with Crippen molar-refractivity contribution in [1.82, 2.24) is 5.32 Å². The van der Waals surface area contributed by atoms with Crippen LogP contribution in [0.5, 0.6) is 0 Å². The minimum atomic E-state index is -1.76. The summed E-state index contributed by atoms with van der Waals surface area (Å²) in [6, 6.07) is -1.38. The number of hydrogen-bond acceptors (Lipinski definition) is 15. The van der Waals surface area contributed by atoms with E-state index in [0.717, 1.165) is 41.5 Å². The first-order chi connectivity index (χ1) is 18.6. The number of nitrogens with one attached hydrogen (secondary N) is 1. The maximum atomic E-state index is 12.0. The Kier molecular flexibility index (Phi) is 11.8.